The highest BCUT2D eigenvalue weighted by molar-refractivity contribution is 5.76. The molecule has 0 radical (unpaired) electrons. The molecule has 0 aliphatic heterocycles. The second-order valence-electron chi connectivity index (χ2n) is 4.29. The van der Waals surface area contributed by atoms with Gasteiger partial charge in [-0.2, -0.15) is 5.26 Å². The zero-order chi connectivity index (χ0) is 11.1. The van der Waals surface area contributed by atoms with Crippen molar-refractivity contribution in [2.24, 2.45) is 7.05 Å². The topological polar surface area (TPSA) is 41.6 Å². The average molecular weight is 199 g/mol. The summed E-state index contributed by atoms with van der Waals surface area (Å²) in [5.41, 5.74) is 2.51. The summed E-state index contributed by atoms with van der Waals surface area (Å²) in [6.07, 6.45) is 3.76. The summed E-state index contributed by atoms with van der Waals surface area (Å²) >= 11 is 0. The van der Waals surface area contributed by atoms with E-state index in [1.807, 2.05) is 43.8 Å². The number of pyridine rings is 1. The first kappa shape index (κ1) is 9.72. The molecule has 3 heteroatoms. The van der Waals surface area contributed by atoms with Crippen LogP contribution in [0.3, 0.4) is 0 Å². The number of aromatic nitrogens is 2. The van der Waals surface area contributed by atoms with Gasteiger partial charge < -0.3 is 4.57 Å². The van der Waals surface area contributed by atoms with Crippen LogP contribution < -0.4 is 0 Å². The van der Waals surface area contributed by atoms with Crippen molar-refractivity contribution in [1.29, 1.82) is 5.26 Å². The molecule has 3 nitrogen and oxygen atoms in total. The molecule has 76 valence electrons. The van der Waals surface area contributed by atoms with E-state index in [9.17, 15) is 0 Å². The maximum absolute atomic E-state index is 9.05. The number of fused-ring (bicyclic) bond motifs is 1. The average Bonchev–Trinajstić information content (AvgIpc) is 2.60. The van der Waals surface area contributed by atoms with E-state index in [0.29, 0.717) is 0 Å². The Bertz CT molecular complexity index is 543. The summed E-state index contributed by atoms with van der Waals surface area (Å²) in [5.74, 6) is 0. The lowest BCUT2D eigenvalue weighted by Gasteiger charge is -2.15. The summed E-state index contributed by atoms with van der Waals surface area (Å²) in [4.78, 5) is 4.34. The van der Waals surface area contributed by atoms with Crippen molar-refractivity contribution in [3.8, 4) is 6.07 Å². The van der Waals surface area contributed by atoms with E-state index < -0.39 is 5.41 Å². The first-order valence-corrected chi connectivity index (χ1v) is 4.87. The highest BCUT2D eigenvalue weighted by atomic mass is 14.9. The minimum absolute atomic E-state index is 0.481. The molecule has 0 fully saturated rings. The van der Waals surface area contributed by atoms with Gasteiger partial charge in [0.15, 0.2) is 0 Å². The van der Waals surface area contributed by atoms with E-state index in [1.54, 1.807) is 6.20 Å². The molecule has 0 aliphatic rings. The molecule has 0 saturated carbocycles. The molecular weight excluding hydrogens is 186 g/mol. The van der Waals surface area contributed by atoms with Crippen LogP contribution in [-0.4, -0.2) is 9.55 Å². The molecule has 0 spiro atoms. The summed E-state index contributed by atoms with van der Waals surface area (Å²) < 4.78 is 2.01. The maximum atomic E-state index is 9.05. The predicted molar refractivity (Wildman–Crippen MR) is 59.4 cm³/mol. The third-order valence-electron chi connectivity index (χ3n) is 2.73. The smallest absolute Gasteiger partial charge is 0.0881 e. The van der Waals surface area contributed by atoms with E-state index in [2.05, 4.69) is 11.1 Å². The molecule has 0 aliphatic carbocycles. The van der Waals surface area contributed by atoms with Gasteiger partial charge in [0.1, 0.15) is 0 Å². The van der Waals surface area contributed by atoms with Crippen LogP contribution in [0.1, 0.15) is 19.4 Å². The van der Waals surface area contributed by atoms with E-state index in [1.165, 1.54) is 0 Å². The Morgan fingerprint density at radius 3 is 2.87 bits per heavy atom. The molecule has 0 unspecified atom stereocenters. The van der Waals surface area contributed by atoms with Gasteiger partial charge in [-0.25, -0.2) is 0 Å². The predicted octanol–water partition coefficient (Wildman–Crippen LogP) is 2.37. The molecule has 2 heterocycles. The molecule has 2 aromatic rings. The molecule has 0 saturated heterocycles. The van der Waals surface area contributed by atoms with Gasteiger partial charge in [0.2, 0.25) is 0 Å². The third kappa shape index (κ3) is 1.48. The van der Waals surface area contributed by atoms with Crippen LogP contribution in [0, 0.1) is 11.3 Å². The lowest BCUT2D eigenvalue weighted by Crippen LogP contribution is -2.14. The van der Waals surface area contributed by atoms with Gasteiger partial charge in [0, 0.05) is 19.4 Å². The molecule has 2 aromatic heterocycles. The van der Waals surface area contributed by atoms with Crippen molar-refractivity contribution in [2.45, 2.75) is 19.3 Å². The largest absolute Gasteiger partial charge is 0.349 e. The fourth-order valence-electron chi connectivity index (χ4n) is 1.54. The summed E-state index contributed by atoms with van der Waals surface area (Å²) in [6, 6.07) is 6.29. The van der Waals surface area contributed by atoms with Crippen molar-refractivity contribution < 1.29 is 0 Å². The fourth-order valence-corrected chi connectivity index (χ4v) is 1.54. The summed E-state index contributed by atoms with van der Waals surface area (Å²) in [7, 11) is 1.98. The maximum Gasteiger partial charge on any atom is 0.0881 e. The monoisotopic (exact) mass is 199 g/mol. The van der Waals surface area contributed by atoms with E-state index in [4.69, 9.17) is 5.26 Å². The summed E-state index contributed by atoms with van der Waals surface area (Å²) in [5, 5.41) is 9.05. The van der Waals surface area contributed by atoms with Crippen molar-refractivity contribution >= 4 is 11.0 Å². The van der Waals surface area contributed by atoms with Crippen LogP contribution in [-0.2, 0) is 12.5 Å². The molecule has 0 aromatic carbocycles. The number of hydrogen-bond acceptors (Lipinski definition) is 2. The minimum Gasteiger partial charge on any atom is -0.349 e. The standard InChI is InChI=1S/C12H13N3/c1-12(2,8-13)9-6-11-10(14-7-9)4-5-15(11)3/h4-7H,1-3H3. The summed E-state index contributed by atoms with van der Waals surface area (Å²) in [6.45, 7) is 3.80. The Hall–Kier alpha value is -1.82. The zero-order valence-corrected chi connectivity index (χ0v) is 9.15. The number of hydrogen-bond donors (Lipinski definition) is 0. The van der Waals surface area contributed by atoms with Gasteiger partial charge in [-0.3, -0.25) is 4.98 Å². The van der Waals surface area contributed by atoms with Crippen molar-refractivity contribution in [1.82, 2.24) is 9.55 Å². The van der Waals surface area contributed by atoms with Gasteiger partial charge in [-0.05, 0) is 31.5 Å². The number of aryl methyl sites for hydroxylation is 1. The molecule has 0 amide bonds. The molecule has 0 atom stereocenters. The van der Waals surface area contributed by atoms with Crippen LogP contribution >= 0.6 is 0 Å². The Kier molecular flexibility index (Phi) is 2.01. The fraction of sp³-hybridized carbons (Fsp3) is 0.333. The Morgan fingerprint density at radius 2 is 2.20 bits per heavy atom. The van der Waals surface area contributed by atoms with Crippen LogP contribution in [0.4, 0.5) is 0 Å². The van der Waals surface area contributed by atoms with Gasteiger partial charge in [0.25, 0.3) is 0 Å². The Morgan fingerprint density at radius 1 is 1.47 bits per heavy atom. The molecule has 2 rings (SSSR count). The molecular formula is C12H13N3. The quantitative estimate of drug-likeness (QED) is 0.707. The molecule has 0 N–H and O–H groups in total. The minimum atomic E-state index is -0.481. The zero-order valence-electron chi connectivity index (χ0n) is 9.15. The molecule has 15 heavy (non-hydrogen) atoms. The SMILES string of the molecule is Cn1ccc2ncc(C(C)(C)C#N)cc21. The van der Waals surface area contributed by atoms with E-state index in [0.717, 1.165) is 16.6 Å². The van der Waals surface area contributed by atoms with Crippen LogP contribution in [0.2, 0.25) is 0 Å². The van der Waals surface area contributed by atoms with Gasteiger partial charge in [0.05, 0.1) is 22.5 Å². The normalized spacial score (nSPS) is 11.6. The van der Waals surface area contributed by atoms with Crippen molar-refractivity contribution in [2.75, 3.05) is 0 Å². The lowest BCUT2D eigenvalue weighted by molar-refractivity contribution is 0.684. The van der Waals surface area contributed by atoms with Crippen LogP contribution in [0.15, 0.2) is 24.5 Å². The third-order valence-corrected chi connectivity index (χ3v) is 2.73. The highest BCUT2D eigenvalue weighted by Gasteiger charge is 2.20. The number of nitrogens with zero attached hydrogens (tertiary/aromatic N) is 3. The van der Waals surface area contributed by atoms with Gasteiger partial charge in [-0.1, -0.05) is 0 Å². The highest BCUT2D eigenvalue weighted by Crippen LogP contribution is 2.24. The van der Waals surface area contributed by atoms with Crippen molar-refractivity contribution in [3.63, 3.8) is 0 Å². The van der Waals surface area contributed by atoms with Gasteiger partial charge >= 0.3 is 0 Å². The molecule has 0 bridgehead atoms. The van der Waals surface area contributed by atoms with Crippen molar-refractivity contribution in [3.05, 3.63) is 30.1 Å². The van der Waals surface area contributed by atoms with Crippen LogP contribution in [0.25, 0.3) is 11.0 Å². The Labute approximate surface area is 89.0 Å². The first-order valence-electron chi connectivity index (χ1n) is 4.87. The lowest BCUT2D eigenvalue weighted by atomic mass is 9.87. The first-order chi connectivity index (χ1) is 7.04. The Balaban J connectivity index is 2.66. The van der Waals surface area contributed by atoms with Crippen LogP contribution in [0.5, 0.6) is 0 Å². The number of rotatable bonds is 1. The van der Waals surface area contributed by atoms with Gasteiger partial charge in [-0.15, -0.1) is 0 Å². The number of nitriles is 1. The van der Waals surface area contributed by atoms with E-state index >= 15 is 0 Å². The van der Waals surface area contributed by atoms with E-state index in [-0.39, 0.29) is 0 Å². The second kappa shape index (κ2) is 3.09. The second-order valence-corrected chi connectivity index (χ2v) is 4.29.